The lowest BCUT2D eigenvalue weighted by atomic mass is 10.1. The summed E-state index contributed by atoms with van der Waals surface area (Å²) < 4.78 is 28.2. The lowest BCUT2D eigenvalue weighted by Crippen LogP contribution is -2.42. The number of aromatic nitrogens is 4. The second-order valence-electron chi connectivity index (χ2n) is 8.34. The van der Waals surface area contributed by atoms with Crippen molar-refractivity contribution in [2.45, 2.75) is 32.0 Å². The Kier molecular flexibility index (Phi) is 6.04. The molecule has 2 aromatic carbocycles. The number of ketones is 1. The number of halogens is 1. The van der Waals surface area contributed by atoms with Gasteiger partial charge in [-0.05, 0) is 61.4 Å². The van der Waals surface area contributed by atoms with Gasteiger partial charge in [0.2, 0.25) is 0 Å². The molecule has 1 atom stereocenters. The van der Waals surface area contributed by atoms with E-state index in [0.717, 1.165) is 17.4 Å². The monoisotopic (exact) mass is 478 g/mol. The van der Waals surface area contributed by atoms with E-state index in [1.807, 2.05) is 0 Å². The highest BCUT2D eigenvalue weighted by Crippen LogP contribution is 2.17. The van der Waals surface area contributed by atoms with Crippen LogP contribution in [0.15, 0.2) is 64.4 Å². The molecule has 10 heteroatoms. The number of Topliss-reactive ketones (excluding diaryl/α,β-unsaturated/α-hetero) is 1. The Hall–Kier alpha value is -4.05. The molecule has 1 aliphatic heterocycles. The molecule has 0 aliphatic carbocycles. The summed E-state index contributed by atoms with van der Waals surface area (Å²) in [7, 11) is 1.54. The molecular weight excluding hydrogens is 455 g/mol. The standard InChI is InChI=1S/C25H23FN4O5/c1-34-19-10-4-16(5-11-19)21(31)14-28-15-27-23-22(28)24(32)29(13-20-3-2-12-35-20)25(33)30(23)18-8-6-17(26)7-9-18/h4-11,15,20H,2-3,12-14H2,1H3/t20-/m0/s1. The van der Waals surface area contributed by atoms with Crippen molar-refractivity contribution in [1.29, 1.82) is 0 Å². The summed E-state index contributed by atoms with van der Waals surface area (Å²) in [6.45, 7) is 0.494. The van der Waals surface area contributed by atoms with Gasteiger partial charge >= 0.3 is 5.69 Å². The van der Waals surface area contributed by atoms with Crippen molar-refractivity contribution in [1.82, 2.24) is 18.7 Å². The van der Waals surface area contributed by atoms with Gasteiger partial charge < -0.3 is 14.0 Å². The third-order valence-corrected chi connectivity index (χ3v) is 6.12. The van der Waals surface area contributed by atoms with E-state index in [4.69, 9.17) is 9.47 Å². The largest absolute Gasteiger partial charge is 0.497 e. The highest BCUT2D eigenvalue weighted by Gasteiger charge is 2.24. The van der Waals surface area contributed by atoms with Crippen molar-refractivity contribution >= 4 is 16.9 Å². The fourth-order valence-corrected chi connectivity index (χ4v) is 4.30. The number of carbonyl (C=O) groups is 1. The number of imidazole rings is 1. The minimum atomic E-state index is -0.601. The molecule has 0 saturated carbocycles. The number of methoxy groups -OCH3 is 1. The average molecular weight is 478 g/mol. The molecule has 0 N–H and O–H groups in total. The number of hydrogen-bond donors (Lipinski definition) is 0. The van der Waals surface area contributed by atoms with E-state index in [1.165, 1.54) is 46.8 Å². The Labute approximate surface area is 199 Å². The molecule has 0 radical (unpaired) electrons. The number of carbonyl (C=O) groups excluding carboxylic acids is 1. The first-order chi connectivity index (χ1) is 17.0. The molecule has 0 bridgehead atoms. The Morgan fingerprint density at radius 3 is 2.54 bits per heavy atom. The van der Waals surface area contributed by atoms with Crippen LogP contribution in [0.25, 0.3) is 16.9 Å². The number of fused-ring (bicyclic) bond motifs is 1. The number of benzene rings is 2. The highest BCUT2D eigenvalue weighted by atomic mass is 19.1. The zero-order valence-corrected chi connectivity index (χ0v) is 19.0. The summed E-state index contributed by atoms with van der Waals surface area (Å²) in [5, 5.41) is 0. The van der Waals surface area contributed by atoms with E-state index in [2.05, 4.69) is 4.98 Å². The van der Waals surface area contributed by atoms with E-state index in [0.29, 0.717) is 23.6 Å². The summed E-state index contributed by atoms with van der Waals surface area (Å²) in [5.41, 5.74) is -0.157. The van der Waals surface area contributed by atoms with Crippen molar-refractivity contribution in [2.75, 3.05) is 13.7 Å². The van der Waals surface area contributed by atoms with Gasteiger partial charge in [-0.3, -0.25) is 14.2 Å². The van der Waals surface area contributed by atoms with Gasteiger partial charge in [0.25, 0.3) is 5.56 Å². The van der Waals surface area contributed by atoms with Crippen molar-refractivity contribution < 1.29 is 18.7 Å². The lowest BCUT2D eigenvalue weighted by Gasteiger charge is -2.15. The predicted molar refractivity (Wildman–Crippen MR) is 126 cm³/mol. The third-order valence-electron chi connectivity index (χ3n) is 6.12. The van der Waals surface area contributed by atoms with Crippen LogP contribution in [0, 0.1) is 5.82 Å². The van der Waals surface area contributed by atoms with E-state index < -0.39 is 17.1 Å². The molecular formula is C25H23FN4O5. The number of rotatable bonds is 7. The molecule has 5 rings (SSSR count). The molecule has 0 unspecified atom stereocenters. The summed E-state index contributed by atoms with van der Waals surface area (Å²) in [6.07, 6.45) is 2.68. The Morgan fingerprint density at radius 1 is 1.14 bits per heavy atom. The molecule has 1 aliphatic rings. The topological polar surface area (TPSA) is 97.4 Å². The summed E-state index contributed by atoms with van der Waals surface area (Å²) in [5.74, 6) is -0.0761. The van der Waals surface area contributed by atoms with E-state index >= 15 is 0 Å². The maximum absolute atomic E-state index is 13.6. The second-order valence-corrected chi connectivity index (χ2v) is 8.34. The van der Waals surface area contributed by atoms with Crippen LogP contribution in [-0.4, -0.2) is 44.3 Å². The normalized spacial score (nSPS) is 15.5. The molecule has 4 aromatic rings. The van der Waals surface area contributed by atoms with Crippen LogP contribution >= 0.6 is 0 Å². The maximum Gasteiger partial charge on any atom is 0.337 e. The van der Waals surface area contributed by atoms with Crippen LogP contribution in [0.2, 0.25) is 0 Å². The fraction of sp³-hybridized carbons (Fsp3) is 0.280. The van der Waals surface area contributed by atoms with E-state index in [1.54, 1.807) is 24.3 Å². The minimum absolute atomic E-state index is 0.0758. The molecule has 0 amide bonds. The lowest BCUT2D eigenvalue weighted by molar-refractivity contribution is 0.0947. The van der Waals surface area contributed by atoms with Crippen molar-refractivity contribution in [3.63, 3.8) is 0 Å². The molecule has 3 heterocycles. The van der Waals surface area contributed by atoms with Crippen molar-refractivity contribution in [3.05, 3.63) is 87.1 Å². The summed E-state index contributed by atoms with van der Waals surface area (Å²) in [4.78, 5) is 44.2. The van der Waals surface area contributed by atoms with Crippen LogP contribution in [0.4, 0.5) is 4.39 Å². The third kappa shape index (κ3) is 4.28. The molecule has 1 fully saturated rings. The van der Waals surface area contributed by atoms with Gasteiger partial charge in [0.05, 0.1) is 38.3 Å². The van der Waals surface area contributed by atoms with E-state index in [-0.39, 0.29) is 36.1 Å². The first-order valence-corrected chi connectivity index (χ1v) is 11.2. The first-order valence-electron chi connectivity index (χ1n) is 11.2. The zero-order valence-electron chi connectivity index (χ0n) is 19.0. The van der Waals surface area contributed by atoms with Crippen LogP contribution in [-0.2, 0) is 17.8 Å². The number of ether oxygens (including phenoxy) is 2. The summed E-state index contributed by atoms with van der Waals surface area (Å²) in [6, 6.07) is 12.0. The van der Waals surface area contributed by atoms with Crippen molar-refractivity contribution in [3.8, 4) is 11.4 Å². The first kappa shape index (κ1) is 22.7. The fourth-order valence-electron chi connectivity index (χ4n) is 4.30. The number of nitrogens with zero attached hydrogens (tertiary/aromatic N) is 4. The summed E-state index contributed by atoms with van der Waals surface area (Å²) >= 11 is 0. The molecule has 2 aromatic heterocycles. The smallest absolute Gasteiger partial charge is 0.337 e. The van der Waals surface area contributed by atoms with Crippen LogP contribution < -0.4 is 16.0 Å². The van der Waals surface area contributed by atoms with Gasteiger partial charge in [-0.25, -0.2) is 18.7 Å². The van der Waals surface area contributed by atoms with Gasteiger partial charge in [-0.15, -0.1) is 0 Å². The minimum Gasteiger partial charge on any atom is -0.497 e. The van der Waals surface area contributed by atoms with Gasteiger partial charge in [0.1, 0.15) is 11.6 Å². The molecule has 35 heavy (non-hydrogen) atoms. The van der Waals surface area contributed by atoms with Crippen molar-refractivity contribution in [2.24, 2.45) is 0 Å². The zero-order chi connectivity index (χ0) is 24.5. The van der Waals surface area contributed by atoms with Gasteiger partial charge in [-0.2, -0.15) is 0 Å². The second kappa shape index (κ2) is 9.30. The quantitative estimate of drug-likeness (QED) is 0.379. The number of hydrogen-bond acceptors (Lipinski definition) is 6. The predicted octanol–water partition coefficient (Wildman–Crippen LogP) is 2.56. The highest BCUT2D eigenvalue weighted by molar-refractivity contribution is 5.96. The Morgan fingerprint density at radius 2 is 1.89 bits per heavy atom. The molecule has 0 spiro atoms. The van der Waals surface area contributed by atoms with E-state index in [9.17, 15) is 18.8 Å². The maximum atomic E-state index is 13.6. The molecule has 180 valence electrons. The van der Waals surface area contributed by atoms with Crippen LogP contribution in [0.3, 0.4) is 0 Å². The van der Waals surface area contributed by atoms with Gasteiger partial charge in [-0.1, -0.05) is 0 Å². The van der Waals surface area contributed by atoms with Crippen LogP contribution in [0.1, 0.15) is 23.2 Å². The van der Waals surface area contributed by atoms with Gasteiger partial charge in [0, 0.05) is 12.2 Å². The molecule has 1 saturated heterocycles. The molecule has 9 nitrogen and oxygen atoms in total. The Bertz CT molecular complexity index is 1500. The van der Waals surface area contributed by atoms with Gasteiger partial charge in [0.15, 0.2) is 16.9 Å². The SMILES string of the molecule is COc1ccc(C(=O)Cn2cnc3c2c(=O)n(C[C@@H]2CCCO2)c(=O)n3-c2ccc(F)cc2)cc1. The average Bonchev–Trinajstić information content (AvgIpc) is 3.53. The van der Waals surface area contributed by atoms with Crippen LogP contribution in [0.5, 0.6) is 5.75 Å². The Balaban J connectivity index is 1.63.